The third-order valence-electron chi connectivity index (χ3n) is 1.58. The highest BCUT2D eigenvalue weighted by Gasteiger charge is 2.27. The van der Waals surface area contributed by atoms with Crippen molar-refractivity contribution in [2.24, 2.45) is 5.92 Å². The van der Waals surface area contributed by atoms with Gasteiger partial charge in [-0.25, -0.2) is 0 Å². The van der Waals surface area contributed by atoms with Gasteiger partial charge in [-0.15, -0.1) is 0 Å². The molecule has 1 N–H and O–H groups in total. The van der Waals surface area contributed by atoms with Crippen LogP contribution >= 0.6 is 0 Å². The molecule has 42 valence electrons. The smallest absolute Gasteiger partial charge is 0.0565 e. The summed E-state index contributed by atoms with van der Waals surface area (Å²) in [6.07, 6.45) is 3.47. The molecule has 0 bridgehead atoms. The summed E-state index contributed by atoms with van der Waals surface area (Å²) in [4.78, 5) is 0. The van der Waals surface area contributed by atoms with E-state index in [1.165, 1.54) is 12.8 Å². The van der Waals surface area contributed by atoms with E-state index in [9.17, 15) is 0 Å². The van der Waals surface area contributed by atoms with Crippen molar-refractivity contribution in [1.82, 2.24) is 0 Å². The average molecular weight is 100 g/mol. The van der Waals surface area contributed by atoms with Crippen LogP contribution in [0.15, 0.2) is 0 Å². The highest BCUT2D eigenvalue weighted by atomic mass is 16.3. The van der Waals surface area contributed by atoms with E-state index in [1.807, 2.05) is 6.92 Å². The van der Waals surface area contributed by atoms with Gasteiger partial charge in [0.25, 0.3) is 0 Å². The predicted octanol–water partition coefficient (Wildman–Crippen LogP) is 1.17. The Bertz CT molecular complexity index is 57.2. The van der Waals surface area contributed by atoms with Gasteiger partial charge in [0.15, 0.2) is 0 Å². The fourth-order valence-electron chi connectivity index (χ4n) is 0.814. The van der Waals surface area contributed by atoms with Gasteiger partial charge in [0, 0.05) is 0 Å². The maximum atomic E-state index is 9.00. The van der Waals surface area contributed by atoms with Crippen LogP contribution < -0.4 is 0 Å². The number of hydrogen-bond acceptors (Lipinski definition) is 1. The lowest BCUT2D eigenvalue weighted by atomic mass is 10.2. The Labute approximate surface area is 44.4 Å². The first-order valence-electron chi connectivity index (χ1n) is 3.02. The molecular weight excluding hydrogens is 88.1 g/mol. The van der Waals surface area contributed by atoms with E-state index in [0.29, 0.717) is 5.92 Å². The van der Waals surface area contributed by atoms with Gasteiger partial charge in [0.1, 0.15) is 0 Å². The van der Waals surface area contributed by atoms with Crippen molar-refractivity contribution in [3.05, 3.63) is 0 Å². The molecule has 1 rings (SSSR count). The molecule has 1 nitrogen and oxygen atoms in total. The molecule has 0 spiro atoms. The lowest BCUT2D eigenvalue weighted by Gasteiger charge is -2.01. The molecular formula is C6H12O. The van der Waals surface area contributed by atoms with Gasteiger partial charge in [0.2, 0.25) is 0 Å². The van der Waals surface area contributed by atoms with Gasteiger partial charge in [-0.1, -0.05) is 6.92 Å². The van der Waals surface area contributed by atoms with E-state index in [0.717, 1.165) is 6.42 Å². The topological polar surface area (TPSA) is 20.2 Å². The van der Waals surface area contributed by atoms with Crippen LogP contribution in [-0.2, 0) is 0 Å². The summed E-state index contributed by atoms with van der Waals surface area (Å²) in [5.74, 6) is 0.671. The minimum absolute atomic E-state index is 0.0139. The van der Waals surface area contributed by atoms with Gasteiger partial charge in [0.05, 0.1) is 6.10 Å². The molecule has 0 unspecified atom stereocenters. The second-order valence-electron chi connectivity index (χ2n) is 2.31. The summed E-state index contributed by atoms with van der Waals surface area (Å²) in [5, 5.41) is 9.00. The molecule has 0 saturated heterocycles. The summed E-state index contributed by atoms with van der Waals surface area (Å²) in [6, 6.07) is 0. The van der Waals surface area contributed by atoms with Crippen molar-refractivity contribution >= 4 is 0 Å². The zero-order valence-electron chi connectivity index (χ0n) is 4.72. The minimum atomic E-state index is 0.0139. The summed E-state index contributed by atoms with van der Waals surface area (Å²) >= 11 is 0. The van der Waals surface area contributed by atoms with Crippen molar-refractivity contribution in [2.45, 2.75) is 32.3 Å². The Morgan fingerprint density at radius 2 is 2.29 bits per heavy atom. The Morgan fingerprint density at radius 3 is 2.43 bits per heavy atom. The Hall–Kier alpha value is -0.0400. The standard InChI is InChI=1S/C6H12O/c1-2-6(7)5-3-4-5/h5-7H,2-4H2,1H3/t6-/m0/s1. The van der Waals surface area contributed by atoms with E-state index >= 15 is 0 Å². The molecule has 1 aliphatic rings. The molecule has 0 aromatic rings. The molecule has 0 heterocycles. The summed E-state index contributed by atoms with van der Waals surface area (Å²) in [6.45, 7) is 2.03. The lowest BCUT2D eigenvalue weighted by molar-refractivity contribution is 0.147. The molecule has 1 heteroatoms. The molecule has 0 aromatic heterocycles. The lowest BCUT2D eigenvalue weighted by Crippen LogP contribution is -2.05. The molecule has 0 amide bonds. The maximum absolute atomic E-state index is 9.00. The minimum Gasteiger partial charge on any atom is -0.393 e. The fourth-order valence-corrected chi connectivity index (χ4v) is 0.814. The van der Waals surface area contributed by atoms with Crippen LogP contribution in [0.1, 0.15) is 26.2 Å². The Balaban J connectivity index is 2.10. The molecule has 7 heavy (non-hydrogen) atoms. The second kappa shape index (κ2) is 1.83. The number of rotatable bonds is 2. The van der Waals surface area contributed by atoms with Crippen LogP contribution in [0.3, 0.4) is 0 Å². The van der Waals surface area contributed by atoms with E-state index in [1.54, 1.807) is 0 Å². The van der Waals surface area contributed by atoms with E-state index < -0.39 is 0 Å². The van der Waals surface area contributed by atoms with Gasteiger partial charge in [-0.2, -0.15) is 0 Å². The van der Waals surface area contributed by atoms with Crippen molar-refractivity contribution in [2.75, 3.05) is 0 Å². The van der Waals surface area contributed by atoms with Crippen molar-refractivity contribution in [1.29, 1.82) is 0 Å². The second-order valence-corrected chi connectivity index (χ2v) is 2.31. The zero-order valence-corrected chi connectivity index (χ0v) is 4.72. The highest BCUT2D eigenvalue weighted by Crippen LogP contribution is 2.33. The van der Waals surface area contributed by atoms with E-state index in [4.69, 9.17) is 5.11 Å². The van der Waals surface area contributed by atoms with Crippen molar-refractivity contribution in [3.63, 3.8) is 0 Å². The van der Waals surface area contributed by atoms with E-state index in [2.05, 4.69) is 0 Å². The summed E-state index contributed by atoms with van der Waals surface area (Å²) in [5.41, 5.74) is 0. The van der Waals surface area contributed by atoms with Crippen molar-refractivity contribution in [3.8, 4) is 0 Å². The van der Waals surface area contributed by atoms with Gasteiger partial charge < -0.3 is 5.11 Å². The molecule has 1 fully saturated rings. The SMILES string of the molecule is CC[C@H](O)C1CC1. The number of aliphatic hydroxyl groups is 1. The number of aliphatic hydroxyl groups excluding tert-OH is 1. The van der Waals surface area contributed by atoms with Crippen LogP contribution in [-0.4, -0.2) is 11.2 Å². The fraction of sp³-hybridized carbons (Fsp3) is 1.00. The quantitative estimate of drug-likeness (QED) is 0.552. The predicted molar refractivity (Wildman–Crippen MR) is 29.0 cm³/mol. The van der Waals surface area contributed by atoms with Crippen LogP contribution in [0.2, 0.25) is 0 Å². The first-order chi connectivity index (χ1) is 3.34. The maximum Gasteiger partial charge on any atom is 0.0565 e. The summed E-state index contributed by atoms with van der Waals surface area (Å²) < 4.78 is 0. The van der Waals surface area contributed by atoms with Crippen LogP contribution in [0.5, 0.6) is 0 Å². The molecule has 0 radical (unpaired) electrons. The van der Waals surface area contributed by atoms with Crippen molar-refractivity contribution < 1.29 is 5.11 Å². The van der Waals surface area contributed by atoms with E-state index in [-0.39, 0.29) is 6.10 Å². The molecule has 1 aliphatic carbocycles. The van der Waals surface area contributed by atoms with Crippen LogP contribution in [0.4, 0.5) is 0 Å². The third kappa shape index (κ3) is 1.16. The summed E-state index contributed by atoms with van der Waals surface area (Å²) in [7, 11) is 0. The zero-order chi connectivity index (χ0) is 5.28. The molecule has 0 aliphatic heterocycles. The molecule has 0 aromatic carbocycles. The first kappa shape index (κ1) is 5.10. The van der Waals surface area contributed by atoms with Gasteiger partial charge in [-0.05, 0) is 25.2 Å². The molecule has 1 saturated carbocycles. The normalized spacial score (nSPS) is 24.9. The third-order valence-corrected chi connectivity index (χ3v) is 1.58. The molecule has 1 atom stereocenters. The highest BCUT2D eigenvalue weighted by molar-refractivity contribution is 4.79. The average Bonchev–Trinajstić information content (AvgIpc) is 2.44. The first-order valence-corrected chi connectivity index (χ1v) is 3.02. The monoisotopic (exact) mass is 100 g/mol. The number of hydrogen-bond donors (Lipinski definition) is 1. The van der Waals surface area contributed by atoms with Gasteiger partial charge >= 0.3 is 0 Å². The van der Waals surface area contributed by atoms with Gasteiger partial charge in [-0.3, -0.25) is 0 Å². The largest absolute Gasteiger partial charge is 0.393 e. The Morgan fingerprint density at radius 1 is 1.71 bits per heavy atom. The van der Waals surface area contributed by atoms with Crippen LogP contribution in [0, 0.1) is 5.92 Å². The van der Waals surface area contributed by atoms with Crippen LogP contribution in [0.25, 0.3) is 0 Å². The Kier molecular flexibility index (Phi) is 1.33.